The Morgan fingerprint density at radius 1 is 1.16 bits per heavy atom. The molecule has 1 amide bonds. The van der Waals surface area contributed by atoms with Crippen LogP contribution in [0.3, 0.4) is 0 Å². The maximum Gasteiger partial charge on any atom is 0.230 e. The Morgan fingerprint density at radius 3 is 2.74 bits per heavy atom. The SMILES string of the molecule is Cc1cc(Cl)ccc1OCCCc1nnc(SCC(=O)NCCc2ccccc2)n1C. The average Bonchev–Trinajstić information content (AvgIpc) is 3.11. The highest BCUT2D eigenvalue weighted by Gasteiger charge is 2.11. The van der Waals surface area contributed by atoms with Crippen LogP contribution in [0.25, 0.3) is 0 Å². The van der Waals surface area contributed by atoms with Gasteiger partial charge in [0.2, 0.25) is 5.91 Å². The number of thioether (sulfide) groups is 1. The van der Waals surface area contributed by atoms with Gasteiger partial charge in [-0.15, -0.1) is 10.2 Å². The second-order valence-electron chi connectivity index (χ2n) is 7.19. The van der Waals surface area contributed by atoms with E-state index in [9.17, 15) is 4.79 Å². The van der Waals surface area contributed by atoms with Gasteiger partial charge in [0.1, 0.15) is 11.6 Å². The summed E-state index contributed by atoms with van der Waals surface area (Å²) in [4.78, 5) is 12.1. The number of aromatic nitrogens is 3. The fourth-order valence-electron chi connectivity index (χ4n) is 3.05. The number of hydrogen-bond donors (Lipinski definition) is 1. The number of carbonyl (C=O) groups is 1. The number of aryl methyl sites for hydroxylation is 2. The molecule has 0 atom stereocenters. The van der Waals surface area contributed by atoms with Crippen LogP contribution in [0.1, 0.15) is 23.4 Å². The van der Waals surface area contributed by atoms with E-state index < -0.39 is 0 Å². The summed E-state index contributed by atoms with van der Waals surface area (Å²) in [5, 5.41) is 12.9. The molecule has 0 aliphatic rings. The van der Waals surface area contributed by atoms with E-state index >= 15 is 0 Å². The van der Waals surface area contributed by atoms with E-state index in [4.69, 9.17) is 16.3 Å². The first-order valence-corrected chi connectivity index (χ1v) is 11.6. The molecule has 0 saturated heterocycles. The average molecular weight is 459 g/mol. The number of carbonyl (C=O) groups excluding carboxylic acids is 1. The van der Waals surface area contributed by atoms with Gasteiger partial charge in [0.15, 0.2) is 5.16 Å². The van der Waals surface area contributed by atoms with Gasteiger partial charge in [-0.1, -0.05) is 53.7 Å². The molecule has 0 unspecified atom stereocenters. The van der Waals surface area contributed by atoms with E-state index in [1.54, 1.807) is 0 Å². The molecule has 6 nitrogen and oxygen atoms in total. The lowest BCUT2D eigenvalue weighted by molar-refractivity contribution is -0.118. The molecule has 164 valence electrons. The van der Waals surface area contributed by atoms with Gasteiger partial charge in [-0.2, -0.15) is 0 Å². The zero-order chi connectivity index (χ0) is 22.1. The van der Waals surface area contributed by atoms with Gasteiger partial charge in [0.05, 0.1) is 12.4 Å². The number of ether oxygens (including phenoxy) is 1. The van der Waals surface area contributed by atoms with Gasteiger partial charge in [0, 0.05) is 25.0 Å². The molecule has 0 spiro atoms. The molecule has 0 aliphatic heterocycles. The minimum atomic E-state index is -0.00258. The molecular weight excluding hydrogens is 432 g/mol. The second-order valence-corrected chi connectivity index (χ2v) is 8.57. The second kappa shape index (κ2) is 11.8. The smallest absolute Gasteiger partial charge is 0.230 e. The summed E-state index contributed by atoms with van der Waals surface area (Å²) in [7, 11) is 1.93. The molecule has 2 aromatic carbocycles. The number of amides is 1. The van der Waals surface area contributed by atoms with E-state index in [1.165, 1.54) is 17.3 Å². The molecule has 3 aromatic rings. The molecule has 0 bridgehead atoms. The molecule has 0 aliphatic carbocycles. The summed E-state index contributed by atoms with van der Waals surface area (Å²) in [6.07, 6.45) is 2.39. The highest BCUT2D eigenvalue weighted by molar-refractivity contribution is 7.99. The summed E-state index contributed by atoms with van der Waals surface area (Å²) in [5.74, 6) is 2.04. The van der Waals surface area contributed by atoms with Crippen LogP contribution in [-0.4, -0.2) is 39.6 Å². The number of hydrogen-bond acceptors (Lipinski definition) is 5. The van der Waals surface area contributed by atoms with Crippen LogP contribution in [-0.2, 0) is 24.7 Å². The molecule has 1 aromatic heterocycles. The Hall–Kier alpha value is -2.51. The Labute approximate surface area is 192 Å². The number of nitrogens with one attached hydrogen (secondary N) is 1. The molecule has 8 heteroatoms. The van der Waals surface area contributed by atoms with Crippen LogP contribution in [0, 0.1) is 6.92 Å². The molecule has 0 radical (unpaired) electrons. The quantitative estimate of drug-likeness (QED) is 0.344. The van der Waals surface area contributed by atoms with Crippen LogP contribution in [0.5, 0.6) is 5.75 Å². The van der Waals surface area contributed by atoms with E-state index in [1.807, 2.05) is 54.9 Å². The highest BCUT2D eigenvalue weighted by atomic mass is 35.5. The predicted octanol–water partition coefficient (Wildman–Crippen LogP) is 4.24. The topological polar surface area (TPSA) is 69.0 Å². The maximum absolute atomic E-state index is 12.1. The summed E-state index contributed by atoms with van der Waals surface area (Å²) < 4.78 is 7.77. The van der Waals surface area contributed by atoms with Crippen LogP contribution in [0.2, 0.25) is 5.02 Å². The molecule has 0 fully saturated rings. The van der Waals surface area contributed by atoms with Gasteiger partial charge in [-0.05, 0) is 49.1 Å². The van der Waals surface area contributed by atoms with Crippen molar-refractivity contribution in [2.75, 3.05) is 18.9 Å². The number of rotatable bonds is 11. The van der Waals surface area contributed by atoms with Crippen LogP contribution < -0.4 is 10.1 Å². The Kier molecular flexibility index (Phi) is 8.79. The van der Waals surface area contributed by atoms with Crippen molar-refractivity contribution in [2.45, 2.75) is 31.3 Å². The first-order chi connectivity index (χ1) is 15.0. The summed E-state index contributed by atoms with van der Waals surface area (Å²) >= 11 is 7.37. The van der Waals surface area contributed by atoms with Crippen molar-refractivity contribution in [3.05, 3.63) is 70.5 Å². The summed E-state index contributed by atoms with van der Waals surface area (Å²) in [6, 6.07) is 15.7. The number of nitrogens with zero attached hydrogens (tertiary/aromatic N) is 3. The fourth-order valence-corrected chi connectivity index (χ4v) is 4.03. The zero-order valence-electron chi connectivity index (χ0n) is 17.8. The molecule has 0 saturated carbocycles. The predicted molar refractivity (Wildman–Crippen MR) is 125 cm³/mol. The van der Waals surface area contributed by atoms with Gasteiger partial charge in [-0.25, -0.2) is 0 Å². The Bertz CT molecular complexity index is 994. The van der Waals surface area contributed by atoms with Gasteiger partial charge in [-0.3, -0.25) is 4.79 Å². The van der Waals surface area contributed by atoms with Crippen molar-refractivity contribution in [1.82, 2.24) is 20.1 Å². The zero-order valence-corrected chi connectivity index (χ0v) is 19.4. The lowest BCUT2D eigenvalue weighted by Gasteiger charge is -2.09. The monoisotopic (exact) mass is 458 g/mol. The van der Waals surface area contributed by atoms with E-state index in [0.29, 0.717) is 23.9 Å². The van der Waals surface area contributed by atoms with Crippen LogP contribution in [0.4, 0.5) is 0 Å². The van der Waals surface area contributed by atoms with Gasteiger partial charge < -0.3 is 14.6 Å². The Balaban J connectivity index is 1.36. The van der Waals surface area contributed by atoms with Crippen molar-refractivity contribution in [3.63, 3.8) is 0 Å². The highest BCUT2D eigenvalue weighted by Crippen LogP contribution is 2.22. The van der Waals surface area contributed by atoms with Crippen LogP contribution in [0.15, 0.2) is 53.7 Å². The lowest BCUT2D eigenvalue weighted by atomic mass is 10.1. The summed E-state index contributed by atoms with van der Waals surface area (Å²) in [5.41, 5.74) is 2.23. The largest absolute Gasteiger partial charge is 0.493 e. The molecule has 3 rings (SSSR count). The molecule has 1 heterocycles. The standard InChI is InChI=1S/C23H27ClN4O2S/c1-17-15-19(24)10-11-20(17)30-14-6-9-21-26-27-23(28(21)2)31-16-22(29)25-13-12-18-7-4-3-5-8-18/h3-5,7-8,10-11,15H,6,9,12-14,16H2,1-2H3,(H,25,29). The van der Waals surface area contributed by atoms with Crippen molar-refractivity contribution in [1.29, 1.82) is 0 Å². The maximum atomic E-state index is 12.1. The lowest BCUT2D eigenvalue weighted by Crippen LogP contribution is -2.27. The first-order valence-electron chi connectivity index (χ1n) is 10.2. The van der Waals surface area contributed by atoms with Crippen molar-refractivity contribution in [3.8, 4) is 5.75 Å². The van der Waals surface area contributed by atoms with E-state index in [2.05, 4.69) is 27.6 Å². The first kappa shape index (κ1) is 23.2. The van der Waals surface area contributed by atoms with E-state index in [0.717, 1.165) is 41.6 Å². The van der Waals surface area contributed by atoms with Crippen LogP contribution >= 0.6 is 23.4 Å². The van der Waals surface area contributed by atoms with Crippen molar-refractivity contribution >= 4 is 29.3 Å². The van der Waals surface area contributed by atoms with E-state index in [-0.39, 0.29) is 5.91 Å². The summed E-state index contributed by atoms with van der Waals surface area (Å²) in [6.45, 7) is 3.19. The third kappa shape index (κ3) is 7.29. The van der Waals surface area contributed by atoms with Crippen molar-refractivity contribution in [2.24, 2.45) is 7.05 Å². The number of benzene rings is 2. The van der Waals surface area contributed by atoms with Gasteiger partial charge in [0.25, 0.3) is 0 Å². The minimum absolute atomic E-state index is 0.00258. The number of halogens is 1. The minimum Gasteiger partial charge on any atom is -0.493 e. The fraction of sp³-hybridized carbons (Fsp3) is 0.348. The molecule has 31 heavy (non-hydrogen) atoms. The normalized spacial score (nSPS) is 10.8. The Morgan fingerprint density at radius 2 is 1.97 bits per heavy atom. The third-order valence-corrected chi connectivity index (χ3v) is 6.03. The molecule has 1 N–H and O–H groups in total. The van der Waals surface area contributed by atoms with Gasteiger partial charge >= 0.3 is 0 Å². The van der Waals surface area contributed by atoms with Crippen molar-refractivity contribution < 1.29 is 9.53 Å². The molecular formula is C23H27ClN4O2S. The third-order valence-electron chi connectivity index (χ3n) is 4.78.